The van der Waals surface area contributed by atoms with Crippen LogP contribution in [0.25, 0.3) is 0 Å². The van der Waals surface area contributed by atoms with E-state index in [0.717, 1.165) is 19.4 Å². The molecule has 0 aromatic heterocycles. The van der Waals surface area contributed by atoms with Gasteiger partial charge in [-0.2, -0.15) is 0 Å². The largest absolute Gasteiger partial charge is 0.493 e. The molecule has 0 spiro atoms. The smallest absolute Gasteiger partial charge is 0.242 e. The second-order valence-corrected chi connectivity index (χ2v) is 6.93. The molecule has 0 amide bonds. The van der Waals surface area contributed by atoms with Gasteiger partial charge in [0.15, 0.2) is 11.5 Å². The molecule has 0 aliphatic carbocycles. The van der Waals surface area contributed by atoms with E-state index < -0.39 is 10.0 Å². The number of rotatable bonds is 6. The van der Waals surface area contributed by atoms with E-state index in [1.165, 1.54) is 26.4 Å². The van der Waals surface area contributed by atoms with Gasteiger partial charge in [0.1, 0.15) is 4.90 Å². The van der Waals surface area contributed by atoms with Crippen LogP contribution >= 0.6 is 24.0 Å². The highest BCUT2D eigenvalue weighted by Crippen LogP contribution is 2.35. The molecule has 1 aromatic rings. The minimum absolute atomic E-state index is 0. The summed E-state index contributed by atoms with van der Waals surface area (Å²) in [7, 11) is -0.786. The van der Waals surface area contributed by atoms with Crippen LogP contribution in [0.3, 0.4) is 0 Å². The normalized spacial score (nSPS) is 17.9. The highest BCUT2D eigenvalue weighted by Gasteiger charge is 2.23. The van der Waals surface area contributed by atoms with Crippen LogP contribution in [-0.4, -0.2) is 41.8 Å². The molecule has 1 saturated heterocycles. The molecule has 9 heteroatoms. The van der Waals surface area contributed by atoms with E-state index in [1.807, 2.05) is 0 Å². The highest BCUT2D eigenvalue weighted by molar-refractivity contribution is 7.89. The molecule has 0 radical (unpaired) electrons. The molecule has 0 saturated carbocycles. The van der Waals surface area contributed by atoms with E-state index >= 15 is 0 Å². The van der Waals surface area contributed by atoms with E-state index in [9.17, 15) is 8.42 Å². The predicted octanol–water partition coefficient (Wildman–Crippen LogP) is 1.81. The van der Waals surface area contributed by atoms with E-state index in [2.05, 4.69) is 10.0 Å². The molecule has 1 aliphatic heterocycles. The van der Waals surface area contributed by atoms with Crippen molar-refractivity contribution in [3.8, 4) is 11.5 Å². The topological polar surface area (TPSA) is 76.7 Å². The first-order valence-corrected chi connectivity index (χ1v) is 8.48. The fraction of sp³-hybridized carbons (Fsp3) is 0.538. The summed E-state index contributed by atoms with van der Waals surface area (Å²) in [6.45, 7) is 1.26. The second-order valence-electron chi connectivity index (χ2n) is 4.78. The molecule has 1 heterocycles. The summed E-state index contributed by atoms with van der Waals surface area (Å²) in [5.74, 6) is 0.708. The third-order valence-electron chi connectivity index (χ3n) is 3.41. The maximum atomic E-state index is 12.4. The summed E-state index contributed by atoms with van der Waals surface area (Å²) in [5, 5.41) is 3.33. The average Bonchev–Trinajstić information content (AvgIpc) is 2.98. The fourth-order valence-electron chi connectivity index (χ4n) is 2.26. The molecule has 1 atom stereocenters. The summed E-state index contributed by atoms with van der Waals surface area (Å²) in [4.78, 5) is -0.0141. The van der Waals surface area contributed by atoms with Crippen molar-refractivity contribution < 1.29 is 17.9 Å². The van der Waals surface area contributed by atoms with E-state index in [4.69, 9.17) is 21.1 Å². The SMILES string of the molecule is COc1cc(Cl)c(S(=O)(=O)NCC2CCCN2)cc1OC.Cl. The van der Waals surface area contributed by atoms with Crippen LogP contribution in [0.5, 0.6) is 11.5 Å². The summed E-state index contributed by atoms with van der Waals surface area (Å²) in [6.07, 6.45) is 2.02. The minimum Gasteiger partial charge on any atom is -0.493 e. The van der Waals surface area contributed by atoms with Crippen molar-refractivity contribution in [1.82, 2.24) is 10.0 Å². The quantitative estimate of drug-likeness (QED) is 0.798. The number of benzene rings is 1. The summed E-state index contributed by atoms with van der Waals surface area (Å²) in [6, 6.07) is 2.97. The Morgan fingerprint density at radius 1 is 1.32 bits per heavy atom. The molecular formula is C13H20Cl2N2O4S. The monoisotopic (exact) mass is 370 g/mol. The van der Waals surface area contributed by atoms with Crippen LogP contribution in [0.1, 0.15) is 12.8 Å². The van der Waals surface area contributed by atoms with Crippen LogP contribution in [-0.2, 0) is 10.0 Å². The van der Waals surface area contributed by atoms with Gasteiger partial charge < -0.3 is 14.8 Å². The van der Waals surface area contributed by atoms with Gasteiger partial charge in [0, 0.05) is 24.7 Å². The molecule has 1 fully saturated rings. The van der Waals surface area contributed by atoms with Crippen LogP contribution in [0.4, 0.5) is 0 Å². The molecule has 1 aromatic carbocycles. The number of hydrogen-bond donors (Lipinski definition) is 2. The van der Waals surface area contributed by atoms with E-state index in [1.54, 1.807) is 0 Å². The van der Waals surface area contributed by atoms with Crippen molar-refractivity contribution in [2.45, 2.75) is 23.8 Å². The molecule has 2 N–H and O–H groups in total. The maximum absolute atomic E-state index is 12.4. The molecule has 0 bridgehead atoms. The zero-order valence-corrected chi connectivity index (χ0v) is 14.8. The minimum atomic E-state index is -3.69. The number of halogens is 2. The summed E-state index contributed by atoms with van der Waals surface area (Å²) < 4.78 is 37.5. The first-order valence-electron chi connectivity index (χ1n) is 6.62. The van der Waals surface area contributed by atoms with Crippen LogP contribution in [0, 0.1) is 0 Å². The Hall–Kier alpha value is -0.730. The van der Waals surface area contributed by atoms with Gasteiger partial charge in [0.25, 0.3) is 0 Å². The molecular weight excluding hydrogens is 351 g/mol. The lowest BCUT2D eigenvalue weighted by Crippen LogP contribution is -2.37. The average molecular weight is 371 g/mol. The Morgan fingerprint density at radius 2 is 1.95 bits per heavy atom. The lowest BCUT2D eigenvalue weighted by Gasteiger charge is -2.15. The number of nitrogens with one attached hydrogen (secondary N) is 2. The van der Waals surface area contributed by atoms with Gasteiger partial charge in [-0.05, 0) is 19.4 Å². The first kappa shape index (κ1) is 19.3. The van der Waals surface area contributed by atoms with Crippen molar-refractivity contribution in [1.29, 1.82) is 0 Å². The molecule has 22 heavy (non-hydrogen) atoms. The Morgan fingerprint density at radius 3 is 2.50 bits per heavy atom. The Bertz CT molecular complexity index is 604. The maximum Gasteiger partial charge on any atom is 0.242 e. The van der Waals surface area contributed by atoms with Crippen molar-refractivity contribution in [3.05, 3.63) is 17.2 Å². The second kappa shape index (κ2) is 8.21. The van der Waals surface area contributed by atoms with Crippen molar-refractivity contribution in [3.63, 3.8) is 0 Å². The fourth-order valence-corrected chi connectivity index (χ4v) is 3.87. The van der Waals surface area contributed by atoms with Gasteiger partial charge in [-0.15, -0.1) is 12.4 Å². The standard InChI is InChI=1S/C13H19ClN2O4S.ClH/c1-19-11-6-10(14)13(7-12(11)20-2)21(17,18)16-8-9-4-3-5-15-9;/h6-7,9,15-16H,3-5,8H2,1-2H3;1H. The van der Waals surface area contributed by atoms with Crippen molar-refractivity contribution >= 4 is 34.0 Å². The van der Waals surface area contributed by atoms with Gasteiger partial charge in [-0.25, -0.2) is 13.1 Å². The van der Waals surface area contributed by atoms with Gasteiger partial charge in [0.2, 0.25) is 10.0 Å². The lowest BCUT2D eigenvalue weighted by molar-refractivity contribution is 0.354. The van der Waals surface area contributed by atoms with Crippen LogP contribution < -0.4 is 19.5 Å². The Labute approximate surface area is 142 Å². The van der Waals surface area contributed by atoms with E-state index in [-0.39, 0.29) is 28.4 Å². The summed E-state index contributed by atoms with van der Waals surface area (Å²) in [5.41, 5.74) is 0. The highest BCUT2D eigenvalue weighted by atomic mass is 35.5. The number of methoxy groups -OCH3 is 2. The zero-order valence-electron chi connectivity index (χ0n) is 12.4. The third kappa shape index (κ3) is 4.39. The summed E-state index contributed by atoms with van der Waals surface area (Å²) >= 11 is 6.05. The van der Waals surface area contributed by atoms with Crippen LogP contribution in [0.15, 0.2) is 17.0 Å². The van der Waals surface area contributed by atoms with Gasteiger partial charge >= 0.3 is 0 Å². The van der Waals surface area contributed by atoms with Gasteiger partial charge in [-0.1, -0.05) is 11.6 Å². The molecule has 2 rings (SSSR count). The number of sulfonamides is 1. The zero-order chi connectivity index (χ0) is 15.5. The van der Waals surface area contributed by atoms with Gasteiger partial charge in [0.05, 0.1) is 19.2 Å². The number of ether oxygens (including phenoxy) is 2. The number of hydrogen-bond acceptors (Lipinski definition) is 5. The van der Waals surface area contributed by atoms with Crippen molar-refractivity contribution in [2.24, 2.45) is 0 Å². The molecule has 6 nitrogen and oxygen atoms in total. The molecule has 126 valence electrons. The first-order chi connectivity index (χ1) is 9.97. The lowest BCUT2D eigenvalue weighted by atomic mass is 10.2. The molecule has 1 aliphatic rings. The Balaban J connectivity index is 0.00000242. The predicted molar refractivity (Wildman–Crippen MR) is 88.0 cm³/mol. The van der Waals surface area contributed by atoms with Crippen molar-refractivity contribution in [2.75, 3.05) is 27.3 Å². The van der Waals surface area contributed by atoms with Gasteiger partial charge in [-0.3, -0.25) is 0 Å². The Kier molecular flexibility index (Phi) is 7.21. The third-order valence-corrected chi connectivity index (χ3v) is 5.30. The molecule has 1 unspecified atom stereocenters. The van der Waals surface area contributed by atoms with Crippen LogP contribution in [0.2, 0.25) is 5.02 Å². The van der Waals surface area contributed by atoms with E-state index in [0.29, 0.717) is 18.0 Å².